The number of aromatic nitrogens is 1. The molecule has 0 saturated heterocycles. The summed E-state index contributed by atoms with van der Waals surface area (Å²) in [4.78, 5) is 15.9. The number of nitrogens with one attached hydrogen (secondary N) is 1. The van der Waals surface area contributed by atoms with Gasteiger partial charge in [-0.1, -0.05) is 13.8 Å². The van der Waals surface area contributed by atoms with E-state index < -0.39 is 0 Å². The first kappa shape index (κ1) is 12.9. The van der Waals surface area contributed by atoms with Gasteiger partial charge < -0.3 is 11.1 Å². The summed E-state index contributed by atoms with van der Waals surface area (Å²) in [6.07, 6.45) is 4.36. The average molecular weight is 247 g/mol. The van der Waals surface area contributed by atoms with Crippen LogP contribution >= 0.6 is 0 Å². The second-order valence-corrected chi connectivity index (χ2v) is 5.55. The van der Waals surface area contributed by atoms with E-state index >= 15 is 0 Å². The second kappa shape index (κ2) is 4.96. The van der Waals surface area contributed by atoms with Crippen molar-refractivity contribution in [2.45, 2.75) is 33.1 Å². The fourth-order valence-electron chi connectivity index (χ4n) is 2.16. The van der Waals surface area contributed by atoms with Gasteiger partial charge in [0.1, 0.15) is 0 Å². The minimum absolute atomic E-state index is 0.0409. The summed E-state index contributed by atoms with van der Waals surface area (Å²) in [7, 11) is 0. The number of hydrogen-bond donors (Lipinski definition) is 2. The number of nitrogen functional groups attached to an aromatic ring is 1. The molecule has 1 saturated carbocycles. The number of amides is 1. The van der Waals surface area contributed by atoms with Crippen LogP contribution in [0.2, 0.25) is 0 Å². The lowest BCUT2D eigenvalue weighted by atomic mass is 9.92. The van der Waals surface area contributed by atoms with Crippen molar-refractivity contribution in [2.75, 3.05) is 12.3 Å². The molecule has 1 aliphatic rings. The van der Waals surface area contributed by atoms with Crippen molar-refractivity contribution in [3.8, 4) is 0 Å². The third kappa shape index (κ3) is 3.00. The lowest BCUT2D eigenvalue weighted by Gasteiger charge is -2.19. The first-order valence-corrected chi connectivity index (χ1v) is 6.49. The standard InChI is InChI=1S/C14H21N3O/c1-10(2)14(5-6-14)9-17-13(18)7-12-4-3-11(15)8-16-12/h3-4,8,10H,5-7,9,15H2,1-2H3,(H,17,18). The highest BCUT2D eigenvalue weighted by Crippen LogP contribution is 2.51. The molecule has 0 spiro atoms. The van der Waals surface area contributed by atoms with Gasteiger partial charge >= 0.3 is 0 Å². The molecule has 4 heteroatoms. The van der Waals surface area contributed by atoms with Crippen LogP contribution in [0.1, 0.15) is 32.4 Å². The van der Waals surface area contributed by atoms with Crippen molar-refractivity contribution in [1.29, 1.82) is 0 Å². The smallest absolute Gasteiger partial charge is 0.226 e. The van der Waals surface area contributed by atoms with E-state index in [4.69, 9.17) is 5.73 Å². The van der Waals surface area contributed by atoms with E-state index in [1.807, 2.05) is 0 Å². The Morgan fingerprint density at radius 1 is 1.50 bits per heavy atom. The van der Waals surface area contributed by atoms with Crippen LogP contribution in [0.25, 0.3) is 0 Å². The van der Waals surface area contributed by atoms with Crippen LogP contribution in [0, 0.1) is 11.3 Å². The van der Waals surface area contributed by atoms with Crippen molar-refractivity contribution >= 4 is 11.6 Å². The summed E-state index contributed by atoms with van der Waals surface area (Å²) in [5.41, 5.74) is 7.28. The maximum Gasteiger partial charge on any atom is 0.226 e. The number of rotatable bonds is 5. The van der Waals surface area contributed by atoms with Crippen LogP contribution in [0.5, 0.6) is 0 Å². The second-order valence-electron chi connectivity index (χ2n) is 5.55. The van der Waals surface area contributed by atoms with E-state index in [1.54, 1.807) is 18.3 Å². The van der Waals surface area contributed by atoms with E-state index in [-0.39, 0.29) is 5.91 Å². The number of anilines is 1. The zero-order valence-corrected chi connectivity index (χ0v) is 11.1. The highest BCUT2D eigenvalue weighted by molar-refractivity contribution is 5.78. The van der Waals surface area contributed by atoms with E-state index in [0.29, 0.717) is 23.4 Å². The summed E-state index contributed by atoms with van der Waals surface area (Å²) in [6.45, 7) is 5.24. The fourth-order valence-corrected chi connectivity index (χ4v) is 2.16. The van der Waals surface area contributed by atoms with Crippen LogP contribution in [-0.4, -0.2) is 17.4 Å². The summed E-state index contributed by atoms with van der Waals surface area (Å²) in [5.74, 6) is 0.673. The van der Waals surface area contributed by atoms with Gasteiger partial charge in [-0.15, -0.1) is 0 Å². The van der Waals surface area contributed by atoms with E-state index in [2.05, 4.69) is 24.1 Å². The van der Waals surface area contributed by atoms with Crippen LogP contribution in [0.4, 0.5) is 5.69 Å². The molecule has 0 radical (unpaired) electrons. The van der Waals surface area contributed by atoms with Crippen molar-refractivity contribution in [1.82, 2.24) is 10.3 Å². The normalized spacial score (nSPS) is 16.6. The van der Waals surface area contributed by atoms with E-state index in [9.17, 15) is 4.79 Å². The number of hydrogen-bond acceptors (Lipinski definition) is 3. The molecule has 2 rings (SSSR count). The number of carbonyl (C=O) groups excluding carboxylic acids is 1. The van der Waals surface area contributed by atoms with Crippen molar-refractivity contribution in [3.05, 3.63) is 24.0 Å². The van der Waals surface area contributed by atoms with Gasteiger partial charge in [0.2, 0.25) is 5.91 Å². The molecule has 1 amide bonds. The molecule has 0 bridgehead atoms. The molecule has 0 unspecified atom stereocenters. The highest BCUT2D eigenvalue weighted by Gasteiger charge is 2.45. The van der Waals surface area contributed by atoms with Gasteiger partial charge in [0.05, 0.1) is 18.3 Å². The summed E-state index contributed by atoms with van der Waals surface area (Å²) in [5, 5.41) is 3.02. The number of nitrogens with two attached hydrogens (primary N) is 1. The first-order valence-electron chi connectivity index (χ1n) is 6.49. The zero-order valence-electron chi connectivity index (χ0n) is 11.1. The number of pyridine rings is 1. The summed E-state index contributed by atoms with van der Waals surface area (Å²) in [6, 6.07) is 3.57. The quantitative estimate of drug-likeness (QED) is 0.833. The predicted octanol–water partition coefficient (Wildman–Crippen LogP) is 1.76. The van der Waals surface area contributed by atoms with Gasteiger partial charge in [-0.2, -0.15) is 0 Å². The predicted molar refractivity (Wildman–Crippen MR) is 71.9 cm³/mol. The Morgan fingerprint density at radius 3 is 2.72 bits per heavy atom. The third-order valence-corrected chi connectivity index (χ3v) is 3.94. The Kier molecular flexibility index (Phi) is 3.55. The fraction of sp³-hybridized carbons (Fsp3) is 0.571. The monoisotopic (exact) mass is 247 g/mol. The molecule has 98 valence electrons. The zero-order chi connectivity index (χ0) is 13.2. The molecular formula is C14H21N3O. The summed E-state index contributed by atoms with van der Waals surface area (Å²) >= 11 is 0. The molecule has 1 fully saturated rings. The lowest BCUT2D eigenvalue weighted by Crippen LogP contribution is -2.33. The Balaban J connectivity index is 1.81. The van der Waals surface area contributed by atoms with Crippen LogP contribution in [0.3, 0.4) is 0 Å². The molecule has 1 aliphatic carbocycles. The molecule has 1 aromatic heterocycles. The lowest BCUT2D eigenvalue weighted by molar-refractivity contribution is -0.120. The first-order chi connectivity index (χ1) is 8.52. The largest absolute Gasteiger partial charge is 0.397 e. The average Bonchev–Trinajstić information content (AvgIpc) is 3.11. The molecule has 18 heavy (non-hydrogen) atoms. The van der Waals surface area contributed by atoms with Crippen LogP contribution in [-0.2, 0) is 11.2 Å². The maximum absolute atomic E-state index is 11.8. The molecule has 1 aromatic rings. The Bertz CT molecular complexity index is 421. The van der Waals surface area contributed by atoms with Crippen molar-refractivity contribution in [3.63, 3.8) is 0 Å². The number of carbonyl (C=O) groups is 1. The van der Waals surface area contributed by atoms with Gasteiger partial charge in [0, 0.05) is 12.2 Å². The van der Waals surface area contributed by atoms with E-state index in [1.165, 1.54) is 12.8 Å². The van der Waals surface area contributed by atoms with Gasteiger partial charge in [-0.05, 0) is 36.3 Å². The maximum atomic E-state index is 11.8. The molecule has 0 atom stereocenters. The SMILES string of the molecule is CC(C)C1(CNC(=O)Cc2ccc(N)cn2)CC1. The third-order valence-electron chi connectivity index (χ3n) is 3.94. The topological polar surface area (TPSA) is 68.0 Å². The van der Waals surface area contributed by atoms with Crippen LogP contribution in [0.15, 0.2) is 18.3 Å². The molecule has 0 aromatic carbocycles. The molecular weight excluding hydrogens is 226 g/mol. The molecule has 1 heterocycles. The molecule has 0 aliphatic heterocycles. The minimum atomic E-state index is 0.0409. The molecule has 3 N–H and O–H groups in total. The van der Waals surface area contributed by atoms with Gasteiger partial charge in [0.25, 0.3) is 0 Å². The van der Waals surface area contributed by atoms with Crippen molar-refractivity contribution < 1.29 is 4.79 Å². The minimum Gasteiger partial charge on any atom is -0.397 e. The van der Waals surface area contributed by atoms with Gasteiger partial charge in [-0.3, -0.25) is 9.78 Å². The van der Waals surface area contributed by atoms with E-state index in [0.717, 1.165) is 12.2 Å². The van der Waals surface area contributed by atoms with Crippen LogP contribution < -0.4 is 11.1 Å². The summed E-state index contributed by atoms with van der Waals surface area (Å²) < 4.78 is 0. The van der Waals surface area contributed by atoms with Gasteiger partial charge in [0.15, 0.2) is 0 Å². The Labute approximate surface area is 108 Å². The molecule has 4 nitrogen and oxygen atoms in total. The van der Waals surface area contributed by atoms with Crippen molar-refractivity contribution in [2.24, 2.45) is 11.3 Å². The number of nitrogens with zero attached hydrogens (tertiary/aromatic N) is 1. The Morgan fingerprint density at radius 2 is 2.22 bits per heavy atom. The van der Waals surface area contributed by atoms with Gasteiger partial charge in [-0.25, -0.2) is 0 Å². The Hall–Kier alpha value is -1.58. The highest BCUT2D eigenvalue weighted by atomic mass is 16.1.